The number of ether oxygens (including phenoxy) is 1. The summed E-state index contributed by atoms with van der Waals surface area (Å²) >= 11 is 0.979. The number of likely N-dealkylation sites (N-methyl/N-ethyl adjacent to an activating group) is 1. The topological polar surface area (TPSA) is 127 Å². The van der Waals surface area contributed by atoms with Crippen LogP contribution in [-0.2, 0) is 19.9 Å². The highest BCUT2D eigenvalue weighted by Gasteiger charge is 2.58. The number of rotatable bonds is 7. The summed E-state index contributed by atoms with van der Waals surface area (Å²) in [6, 6.07) is 3.42. The molecule has 1 saturated carbocycles. The molecule has 1 aliphatic heterocycles. The summed E-state index contributed by atoms with van der Waals surface area (Å²) in [5.41, 5.74) is 3.33. The quantitative estimate of drug-likeness (QED) is 0.537. The molecule has 5 rings (SSSR count). The fourth-order valence-electron chi connectivity index (χ4n) is 4.86. The molecule has 2 amide bonds. The number of hydrogen-bond acceptors (Lipinski definition) is 9. The molecule has 3 aliphatic rings. The van der Waals surface area contributed by atoms with Gasteiger partial charge in [-0.25, -0.2) is 0 Å². The number of nitrogens with two attached hydrogens (primary N) is 1. The lowest BCUT2D eigenvalue weighted by atomic mass is 9.84. The van der Waals surface area contributed by atoms with E-state index in [-0.39, 0.29) is 17.0 Å². The number of halogens is 3. The van der Waals surface area contributed by atoms with Crippen molar-refractivity contribution >= 4 is 23.2 Å². The number of carbonyl (C=O) groups is 2. The number of aromatic nitrogens is 3. The van der Waals surface area contributed by atoms with Crippen molar-refractivity contribution in [2.75, 3.05) is 33.2 Å². The second-order valence-corrected chi connectivity index (χ2v) is 10.6. The van der Waals surface area contributed by atoms with E-state index in [0.29, 0.717) is 36.5 Å². The number of hydrogen-bond donors (Lipinski definition) is 2. The first kappa shape index (κ1) is 26.3. The van der Waals surface area contributed by atoms with Gasteiger partial charge in [0.05, 0.1) is 0 Å². The number of alkyl halides is 3. The van der Waals surface area contributed by atoms with Crippen LogP contribution in [0.5, 0.6) is 0 Å². The average molecular weight is 550 g/mol. The fourth-order valence-corrected chi connectivity index (χ4v) is 5.84. The molecule has 2 aliphatic carbocycles. The highest BCUT2D eigenvalue weighted by atomic mass is 32.1. The van der Waals surface area contributed by atoms with E-state index >= 15 is 0 Å². The molecule has 38 heavy (non-hydrogen) atoms. The molecule has 1 atom stereocenters. The minimum Gasteiger partial charge on any atom is -0.407 e. The molecule has 3 heterocycles. The van der Waals surface area contributed by atoms with Crippen LogP contribution in [0.25, 0.3) is 10.6 Å². The van der Waals surface area contributed by atoms with Gasteiger partial charge in [0.2, 0.25) is 11.8 Å². The summed E-state index contributed by atoms with van der Waals surface area (Å²) < 4.78 is 45.2. The second kappa shape index (κ2) is 9.75. The zero-order chi connectivity index (χ0) is 27.1. The first-order valence-corrected chi connectivity index (χ1v) is 12.8. The molecule has 2 aromatic heterocycles. The van der Waals surface area contributed by atoms with Gasteiger partial charge in [-0.2, -0.15) is 0 Å². The van der Waals surface area contributed by atoms with E-state index in [4.69, 9.17) is 5.73 Å². The van der Waals surface area contributed by atoms with Gasteiger partial charge in [0, 0.05) is 56.1 Å². The van der Waals surface area contributed by atoms with Crippen LogP contribution in [0.4, 0.5) is 13.2 Å². The lowest BCUT2D eigenvalue weighted by Crippen LogP contribution is -2.60. The molecule has 3 N–H and O–H groups in total. The Balaban J connectivity index is 1.57. The number of pyridine rings is 1. The van der Waals surface area contributed by atoms with Crippen molar-refractivity contribution in [2.24, 2.45) is 5.73 Å². The Morgan fingerprint density at radius 1 is 1.16 bits per heavy atom. The number of nitrogens with one attached hydrogen (secondary N) is 1. The number of amides is 2. The SMILES string of the molecule is CN1CCN(C2(C(=O)NC3(c4nnc(-c5cccnc5)s4)CC(C(N)=O)=CC=C3OC(F)(F)F)CC2)CC1. The predicted octanol–water partition coefficient (Wildman–Crippen LogP) is 1.93. The lowest BCUT2D eigenvalue weighted by molar-refractivity contribution is -0.310. The molecular formula is C24H26F3N7O3S. The Morgan fingerprint density at radius 3 is 2.50 bits per heavy atom. The Labute approximate surface area is 220 Å². The van der Waals surface area contributed by atoms with Crippen LogP contribution in [0.2, 0.25) is 0 Å². The predicted molar refractivity (Wildman–Crippen MR) is 131 cm³/mol. The summed E-state index contributed by atoms with van der Waals surface area (Å²) in [5, 5.41) is 11.6. The van der Waals surface area contributed by atoms with Crippen molar-refractivity contribution in [3.63, 3.8) is 0 Å². The van der Waals surface area contributed by atoms with E-state index in [2.05, 4.69) is 35.0 Å². The number of carbonyl (C=O) groups excluding carboxylic acids is 2. The molecule has 10 nitrogen and oxygen atoms in total. The zero-order valence-electron chi connectivity index (χ0n) is 20.5. The molecule has 2 fully saturated rings. The minimum atomic E-state index is -5.06. The monoisotopic (exact) mass is 549 g/mol. The number of primary amides is 1. The molecule has 0 aromatic carbocycles. The second-order valence-electron chi connectivity index (χ2n) is 9.65. The van der Waals surface area contributed by atoms with Crippen molar-refractivity contribution in [1.82, 2.24) is 30.3 Å². The Morgan fingerprint density at radius 2 is 1.89 bits per heavy atom. The largest absolute Gasteiger partial charge is 0.572 e. The normalized spacial score (nSPS) is 23.8. The number of nitrogens with zero attached hydrogens (tertiary/aromatic N) is 5. The summed E-state index contributed by atoms with van der Waals surface area (Å²) in [5.74, 6) is -1.91. The highest BCUT2D eigenvalue weighted by Crippen LogP contribution is 2.47. The third-order valence-electron chi connectivity index (χ3n) is 7.13. The van der Waals surface area contributed by atoms with Crippen molar-refractivity contribution in [3.8, 4) is 10.6 Å². The van der Waals surface area contributed by atoms with Gasteiger partial charge < -0.3 is 20.7 Å². The third kappa shape index (κ3) is 5.02. The maximum absolute atomic E-state index is 13.9. The van der Waals surface area contributed by atoms with E-state index in [9.17, 15) is 22.8 Å². The van der Waals surface area contributed by atoms with Crippen LogP contribution in [0, 0.1) is 0 Å². The van der Waals surface area contributed by atoms with Gasteiger partial charge in [0.15, 0.2) is 10.5 Å². The van der Waals surface area contributed by atoms with Crippen LogP contribution < -0.4 is 11.1 Å². The van der Waals surface area contributed by atoms with Gasteiger partial charge in [-0.05, 0) is 38.1 Å². The van der Waals surface area contributed by atoms with Crippen molar-refractivity contribution in [1.29, 1.82) is 0 Å². The summed E-state index contributed by atoms with van der Waals surface area (Å²) in [7, 11) is 1.99. The average Bonchev–Trinajstić information content (AvgIpc) is 3.54. The molecule has 2 aromatic rings. The Kier molecular flexibility index (Phi) is 6.73. The summed E-state index contributed by atoms with van der Waals surface area (Å²) in [4.78, 5) is 34.3. The van der Waals surface area contributed by atoms with Crippen molar-refractivity contribution < 1.29 is 27.5 Å². The van der Waals surface area contributed by atoms with Gasteiger partial charge in [0.25, 0.3) is 0 Å². The van der Waals surface area contributed by atoms with Gasteiger partial charge >= 0.3 is 6.36 Å². The molecule has 202 valence electrons. The van der Waals surface area contributed by atoms with Crippen molar-refractivity contribution in [2.45, 2.75) is 36.7 Å². The lowest BCUT2D eigenvalue weighted by Gasteiger charge is -2.41. The van der Waals surface area contributed by atoms with Gasteiger partial charge in [-0.3, -0.25) is 19.5 Å². The van der Waals surface area contributed by atoms with E-state index in [1.165, 1.54) is 6.08 Å². The first-order chi connectivity index (χ1) is 18.0. The maximum Gasteiger partial charge on any atom is 0.572 e. The van der Waals surface area contributed by atoms with E-state index in [0.717, 1.165) is 30.5 Å². The van der Waals surface area contributed by atoms with Gasteiger partial charge in [0.1, 0.15) is 16.3 Å². The van der Waals surface area contributed by atoms with Crippen LogP contribution in [0.1, 0.15) is 24.3 Å². The summed E-state index contributed by atoms with van der Waals surface area (Å²) in [6.45, 7) is 2.83. The van der Waals surface area contributed by atoms with Crippen LogP contribution >= 0.6 is 11.3 Å². The molecular weight excluding hydrogens is 523 g/mol. The van der Waals surface area contributed by atoms with E-state index in [1.54, 1.807) is 24.5 Å². The fraction of sp³-hybridized carbons (Fsp3) is 0.458. The first-order valence-electron chi connectivity index (χ1n) is 12.0. The number of allylic oxidation sites excluding steroid dienone is 2. The van der Waals surface area contributed by atoms with Crippen molar-refractivity contribution in [3.05, 3.63) is 53.0 Å². The van der Waals surface area contributed by atoms with Crippen LogP contribution in [-0.4, -0.2) is 81.9 Å². The zero-order valence-corrected chi connectivity index (χ0v) is 21.3. The smallest absolute Gasteiger partial charge is 0.407 e. The van der Waals surface area contributed by atoms with E-state index in [1.807, 2.05) is 7.05 Å². The van der Waals surface area contributed by atoms with Gasteiger partial charge in [-0.15, -0.1) is 23.4 Å². The molecule has 0 radical (unpaired) electrons. The molecule has 14 heteroatoms. The third-order valence-corrected chi connectivity index (χ3v) is 8.27. The standard InChI is InChI=1S/C24H26F3N7O3S/c1-33-9-11-34(12-10-33)22(6-7-22)20(36)30-23(21-32-31-19(38-21)16-3-2-8-29-14-16)13-15(18(28)35)4-5-17(23)37-24(25,26)27/h2-5,8,14H,6-7,9-13H2,1H3,(H2,28,35)(H,30,36). The Hall–Kier alpha value is -3.36. The molecule has 1 saturated heterocycles. The maximum atomic E-state index is 13.9. The number of piperazine rings is 1. The van der Waals surface area contributed by atoms with Crippen LogP contribution in [0.15, 0.2) is 48.0 Å². The highest BCUT2D eigenvalue weighted by molar-refractivity contribution is 7.14. The Bertz CT molecular complexity index is 1280. The molecule has 0 bridgehead atoms. The van der Waals surface area contributed by atoms with Crippen LogP contribution in [0.3, 0.4) is 0 Å². The van der Waals surface area contributed by atoms with E-state index < -0.39 is 35.0 Å². The molecule has 0 spiro atoms. The minimum absolute atomic E-state index is 0.0161. The molecule has 1 unspecified atom stereocenters. The summed E-state index contributed by atoms with van der Waals surface area (Å²) in [6.07, 6.45) is 0.981. The van der Waals surface area contributed by atoms with Gasteiger partial charge in [-0.1, -0.05) is 17.4 Å².